The van der Waals surface area contributed by atoms with Crippen LogP contribution >= 0.6 is 0 Å². The largest absolute Gasteiger partial charge is 0.489 e. The number of halogens is 1. The Kier molecular flexibility index (Phi) is 4.62. The van der Waals surface area contributed by atoms with Gasteiger partial charge >= 0.3 is 0 Å². The molecule has 3 nitrogen and oxygen atoms in total. The lowest BCUT2D eigenvalue weighted by Crippen LogP contribution is -2.02. The zero-order chi connectivity index (χ0) is 17.0. The van der Waals surface area contributed by atoms with E-state index < -0.39 is 9.84 Å². The summed E-state index contributed by atoms with van der Waals surface area (Å²) >= 11 is 0. The van der Waals surface area contributed by atoms with E-state index in [-0.39, 0.29) is 22.2 Å². The molecule has 3 rings (SSSR count). The van der Waals surface area contributed by atoms with Crippen LogP contribution in [0.1, 0.15) is 5.56 Å². The molecule has 0 aliphatic carbocycles. The first-order valence-electron chi connectivity index (χ1n) is 7.33. The van der Waals surface area contributed by atoms with Crippen molar-refractivity contribution >= 4 is 9.84 Å². The fraction of sp³-hybridized carbons (Fsp3) is 0.0526. The molecule has 0 aliphatic rings. The van der Waals surface area contributed by atoms with Gasteiger partial charge in [-0.3, -0.25) is 0 Å². The van der Waals surface area contributed by atoms with Gasteiger partial charge < -0.3 is 4.74 Å². The molecule has 0 fully saturated rings. The molecule has 0 atom stereocenters. The zero-order valence-electron chi connectivity index (χ0n) is 12.7. The number of ether oxygens (including phenoxy) is 1. The van der Waals surface area contributed by atoms with E-state index in [1.807, 2.05) is 0 Å². The lowest BCUT2D eigenvalue weighted by atomic mass is 10.2. The van der Waals surface area contributed by atoms with E-state index in [2.05, 4.69) is 0 Å². The number of hydrogen-bond acceptors (Lipinski definition) is 3. The molecule has 0 unspecified atom stereocenters. The van der Waals surface area contributed by atoms with Gasteiger partial charge in [-0.2, -0.15) is 0 Å². The number of sulfone groups is 1. The summed E-state index contributed by atoms with van der Waals surface area (Å²) in [7, 11) is -3.52. The minimum Gasteiger partial charge on any atom is -0.489 e. The molecule has 0 radical (unpaired) electrons. The van der Waals surface area contributed by atoms with Crippen molar-refractivity contribution in [1.82, 2.24) is 0 Å². The quantitative estimate of drug-likeness (QED) is 0.697. The number of benzene rings is 3. The minimum absolute atomic E-state index is 0.211. The Labute approximate surface area is 140 Å². The molecule has 0 amide bonds. The summed E-state index contributed by atoms with van der Waals surface area (Å²) < 4.78 is 43.4. The molecule has 122 valence electrons. The Morgan fingerprint density at radius 3 is 1.96 bits per heavy atom. The molecule has 0 bridgehead atoms. The van der Waals surface area contributed by atoms with Gasteiger partial charge in [0.15, 0.2) is 0 Å². The predicted molar refractivity (Wildman–Crippen MR) is 89.1 cm³/mol. The highest BCUT2D eigenvalue weighted by molar-refractivity contribution is 7.91. The lowest BCUT2D eigenvalue weighted by molar-refractivity contribution is 0.306. The van der Waals surface area contributed by atoms with E-state index in [0.29, 0.717) is 5.75 Å². The van der Waals surface area contributed by atoms with E-state index in [1.54, 1.807) is 54.6 Å². The Hall–Kier alpha value is -2.66. The molecule has 3 aromatic rings. The third kappa shape index (κ3) is 3.63. The topological polar surface area (TPSA) is 43.4 Å². The summed E-state index contributed by atoms with van der Waals surface area (Å²) in [5.41, 5.74) is 0.831. The van der Waals surface area contributed by atoms with Crippen molar-refractivity contribution in [3.05, 3.63) is 90.2 Å². The Morgan fingerprint density at radius 2 is 1.33 bits per heavy atom. The van der Waals surface area contributed by atoms with Gasteiger partial charge in [-0.05, 0) is 54.1 Å². The normalized spacial score (nSPS) is 11.2. The summed E-state index contributed by atoms with van der Waals surface area (Å²) in [6.45, 7) is 0.283. The van der Waals surface area contributed by atoms with E-state index >= 15 is 0 Å². The molecule has 0 heterocycles. The average molecular weight is 342 g/mol. The zero-order valence-corrected chi connectivity index (χ0v) is 13.5. The van der Waals surface area contributed by atoms with Crippen LogP contribution in [0.4, 0.5) is 4.39 Å². The smallest absolute Gasteiger partial charge is 0.206 e. The third-order valence-electron chi connectivity index (χ3n) is 3.51. The summed E-state index contributed by atoms with van der Waals surface area (Å²) in [5, 5.41) is 0. The number of rotatable bonds is 5. The maximum atomic E-state index is 12.8. The molecule has 0 N–H and O–H groups in total. The van der Waals surface area contributed by atoms with Crippen LogP contribution in [0.25, 0.3) is 0 Å². The van der Waals surface area contributed by atoms with Crippen LogP contribution in [0.2, 0.25) is 0 Å². The van der Waals surface area contributed by atoms with Gasteiger partial charge in [0.2, 0.25) is 9.84 Å². The van der Waals surface area contributed by atoms with Crippen LogP contribution in [0, 0.1) is 5.82 Å². The molecule has 24 heavy (non-hydrogen) atoms. The highest BCUT2D eigenvalue weighted by atomic mass is 32.2. The molecular formula is C19H15FO3S. The molecule has 3 aromatic carbocycles. The van der Waals surface area contributed by atoms with Crippen LogP contribution in [0.5, 0.6) is 5.75 Å². The van der Waals surface area contributed by atoms with Crippen LogP contribution in [-0.4, -0.2) is 8.42 Å². The van der Waals surface area contributed by atoms with E-state index in [0.717, 1.165) is 5.56 Å². The first-order chi connectivity index (χ1) is 11.6. The monoisotopic (exact) mass is 342 g/mol. The highest BCUT2D eigenvalue weighted by Gasteiger charge is 2.16. The predicted octanol–water partition coefficient (Wildman–Crippen LogP) is 4.24. The van der Waals surface area contributed by atoms with Crippen molar-refractivity contribution in [2.45, 2.75) is 16.4 Å². The summed E-state index contributed by atoms with van der Waals surface area (Å²) in [4.78, 5) is 0.466. The maximum Gasteiger partial charge on any atom is 0.206 e. The van der Waals surface area contributed by atoms with Crippen LogP contribution in [0.15, 0.2) is 88.7 Å². The van der Waals surface area contributed by atoms with E-state index in [1.165, 1.54) is 24.3 Å². The van der Waals surface area contributed by atoms with Gasteiger partial charge in [0, 0.05) is 0 Å². The number of hydrogen-bond donors (Lipinski definition) is 0. The van der Waals surface area contributed by atoms with Crippen LogP contribution in [-0.2, 0) is 16.4 Å². The standard InChI is InChI=1S/C19H15FO3S/c20-16-8-6-15(7-9-16)14-23-17-10-12-19(13-11-17)24(21,22)18-4-2-1-3-5-18/h1-13H,14H2. The van der Waals surface area contributed by atoms with Crippen molar-refractivity contribution in [3.8, 4) is 5.75 Å². The lowest BCUT2D eigenvalue weighted by Gasteiger charge is -2.08. The Bertz CT molecular complexity index is 903. The van der Waals surface area contributed by atoms with Gasteiger partial charge in [0.25, 0.3) is 0 Å². The molecule has 0 saturated carbocycles. The van der Waals surface area contributed by atoms with Gasteiger partial charge in [0.05, 0.1) is 9.79 Å². The first kappa shape index (κ1) is 16.2. The molecule has 0 saturated heterocycles. The Balaban J connectivity index is 1.72. The van der Waals surface area contributed by atoms with Crippen molar-refractivity contribution in [2.24, 2.45) is 0 Å². The van der Waals surface area contributed by atoms with Gasteiger partial charge in [0.1, 0.15) is 18.2 Å². The summed E-state index contributed by atoms with van der Waals surface area (Å²) in [5.74, 6) is 0.251. The van der Waals surface area contributed by atoms with Gasteiger partial charge in [-0.25, -0.2) is 12.8 Å². The second kappa shape index (κ2) is 6.84. The maximum absolute atomic E-state index is 12.8. The first-order valence-corrected chi connectivity index (χ1v) is 8.81. The third-order valence-corrected chi connectivity index (χ3v) is 5.29. The Morgan fingerprint density at radius 1 is 0.750 bits per heavy atom. The molecule has 0 aromatic heterocycles. The van der Waals surface area contributed by atoms with Crippen molar-refractivity contribution in [1.29, 1.82) is 0 Å². The minimum atomic E-state index is -3.52. The highest BCUT2D eigenvalue weighted by Crippen LogP contribution is 2.23. The van der Waals surface area contributed by atoms with Gasteiger partial charge in [-0.15, -0.1) is 0 Å². The molecule has 5 heteroatoms. The molecule has 0 aliphatic heterocycles. The second-order valence-corrected chi connectivity index (χ2v) is 7.15. The average Bonchev–Trinajstić information content (AvgIpc) is 2.62. The van der Waals surface area contributed by atoms with Crippen molar-refractivity contribution < 1.29 is 17.5 Å². The van der Waals surface area contributed by atoms with E-state index in [9.17, 15) is 12.8 Å². The summed E-state index contributed by atoms with van der Waals surface area (Å²) in [6, 6.07) is 20.5. The fourth-order valence-electron chi connectivity index (χ4n) is 2.20. The molecule has 0 spiro atoms. The fourth-order valence-corrected chi connectivity index (χ4v) is 3.48. The molecular weight excluding hydrogens is 327 g/mol. The van der Waals surface area contributed by atoms with Crippen LogP contribution in [0.3, 0.4) is 0 Å². The second-order valence-electron chi connectivity index (χ2n) is 5.20. The van der Waals surface area contributed by atoms with Crippen LogP contribution < -0.4 is 4.74 Å². The van der Waals surface area contributed by atoms with Crippen molar-refractivity contribution in [3.63, 3.8) is 0 Å². The van der Waals surface area contributed by atoms with Gasteiger partial charge in [-0.1, -0.05) is 30.3 Å². The SMILES string of the molecule is O=S(=O)(c1ccccc1)c1ccc(OCc2ccc(F)cc2)cc1. The summed E-state index contributed by atoms with van der Waals surface area (Å²) in [6.07, 6.45) is 0. The van der Waals surface area contributed by atoms with Crippen molar-refractivity contribution in [2.75, 3.05) is 0 Å². The van der Waals surface area contributed by atoms with E-state index in [4.69, 9.17) is 4.74 Å².